The molecule has 0 aromatic carbocycles. The minimum atomic E-state index is -0.500. The van der Waals surface area contributed by atoms with E-state index in [-0.39, 0.29) is 24.2 Å². The highest BCUT2D eigenvalue weighted by Crippen LogP contribution is 2.48. The first kappa shape index (κ1) is 14.5. The fourth-order valence-corrected chi connectivity index (χ4v) is 4.82. The zero-order chi connectivity index (χ0) is 15.4. The zero-order valence-electron chi connectivity index (χ0n) is 13.1. The molecular weight excluding hydrogens is 282 g/mol. The van der Waals surface area contributed by atoms with E-state index in [2.05, 4.69) is 0 Å². The van der Waals surface area contributed by atoms with Gasteiger partial charge >= 0.3 is 5.97 Å². The van der Waals surface area contributed by atoms with Gasteiger partial charge in [-0.25, -0.2) is 0 Å². The number of ether oxygens (including phenoxy) is 1. The van der Waals surface area contributed by atoms with Crippen LogP contribution in [-0.2, 0) is 14.3 Å². The summed E-state index contributed by atoms with van der Waals surface area (Å²) in [6.07, 6.45) is 7.63. The van der Waals surface area contributed by atoms with Crippen molar-refractivity contribution in [1.29, 1.82) is 0 Å². The second kappa shape index (κ2) is 4.95. The van der Waals surface area contributed by atoms with Gasteiger partial charge in [0.2, 0.25) is 5.91 Å². The number of hydrogen-bond acceptors (Lipinski definition) is 4. The number of aliphatic hydroxyl groups is 1. The van der Waals surface area contributed by atoms with Crippen molar-refractivity contribution in [2.45, 2.75) is 69.0 Å². The summed E-state index contributed by atoms with van der Waals surface area (Å²) in [5, 5.41) is 10.2. The third-order valence-corrected chi connectivity index (χ3v) is 6.40. The Bertz CT molecular complexity index is 485. The van der Waals surface area contributed by atoms with E-state index in [0.29, 0.717) is 19.0 Å². The quantitative estimate of drug-likeness (QED) is 0.787. The van der Waals surface area contributed by atoms with E-state index in [0.717, 1.165) is 51.4 Å². The molecule has 2 saturated carbocycles. The van der Waals surface area contributed by atoms with Crippen LogP contribution >= 0.6 is 0 Å². The normalized spacial score (nSPS) is 33.2. The zero-order valence-corrected chi connectivity index (χ0v) is 13.1. The first-order valence-corrected chi connectivity index (χ1v) is 8.75. The van der Waals surface area contributed by atoms with Gasteiger partial charge in [-0.15, -0.1) is 0 Å². The summed E-state index contributed by atoms with van der Waals surface area (Å²) >= 11 is 0. The minimum Gasteiger partial charge on any atom is -0.458 e. The lowest BCUT2D eigenvalue weighted by atomic mass is 9.83. The largest absolute Gasteiger partial charge is 0.458 e. The number of carbonyl (C=O) groups is 2. The molecule has 4 rings (SSSR count). The number of esters is 1. The molecule has 5 heteroatoms. The molecule has 5 nitrogen and oxygen atoms in total. The molecule has 2 aliphatic carbocycles. The van der Waals surface area contributed by atoms with Crippen molar-refractivity contribution >= 4 is 11.9 Å². The van der Waals surface area contributed by atoms with E-state index < -0.39 is 11.2 Å². The highest BCUT2D eigenvalue weighted by atomic mass is 16.6. The van der Waals surface area contributed by atoms with Crippen molar-refractivity contribution in [2.24, 2.45) is 11.8 Å². The Hall–Kier alpha value is -1.10. The summed E-state index contributed by atoms with van der Waals surface area (Å²) in [7, 11) is 0. The van der Waals surface area contributed by atoms with Gasteiger partial charge in [0.1, 0.15) is 5.60 Å². The first-order valence-electron chi connectivity index (χ1n) is 8.75. The monoisotopic (exact) mass is 307 g/mol. The Kier molecular flexibility index (Phi) is 3.26. The standard InChI is InChI=1S/C17H25NO4/c19-14-11-13(17(22-14)5-1-2-6-17)15(20)18-9-3-12(4-10-18)16(21)7-8-16/h12-13,21H,1-11H2. The van der Waals surface area contributed by atoms with Crippen LogP contribution in [0.4, 0.5) is 0 Å². The van der Waals surface area contributed by atoms with Crippen molar-refractivity contribution in [1.82, 2.24) is 4.90 Å². The summed E-state index contributed by atoms with van der Waals surface area (Å²) in [6.45, 7) is 1.43. The maximum Gasteiger partial charge on any atom is 0.307 e. The van der Waals surface area contributed by atoms with Crippen molar-refractivity contribution in [2.75, 3.05) is 13.1 Å². The molecule has 0 bridgehead atoms. The van der Waals surface area contributed by atoms with Crippen LogP contribution in [0.15, 0.2) is 0 Å². The summed E-state index contributed by atoms with van der Waals surface area (Å²) in [5.74, 6) is -0.0297. The van der Waals surface area contributed by atoms with E-state index in [1.807, 2.05) is 4.90 Å². The second-order valence-corrected chi connectivity index (χ2v) is 7.71. The minimum absolute atomic E-state index is 0.106. The van der Waals surface area contributed by atoms with E-state index >= 15 is 0 Å². The van der Waals surface area contributed by atoms with Crippen LogP contribution in [0.3, 0.4) is 0 Å². The molecule has 122 valence electrons. The third-order valence-electron chi connectivity index (χ3n) is 6.40. The Balaban J connectivity index is 1.42. The number of amides is 1. The molecule has 4 fully saturated rings. The molecule has 0 aromatic heterocycles. The molecule has 2 aliphatic heterocycles. The molecule has 0 radical (unpaired) electrons. The predicted molar refractivity (Wildman–Crippen MR) is 78.9 cm³/mol. The molecule has 0 aromatic rings. The lowest BCUT2D eigenvalue weighted by Crippen LogP contribution is -2.48. The van der Waals surface area contributed by atoms with Crippen LogP contribution in [0.1, 0.15) is 57.8 Å². The molecule has 1 spiro atoms. The SMILES string of the molecule is O=C1CC(C(=O)N2CCC(C3(O)CC3)CC2)C2(CCCC2)O1. The third kappa shape index (κ3) is 2.25. The van der Waals surface area contributed by atoms with Crippen molar-refractivity contribution in [3.05, 3.63) is 0 Å². The Morgan fingerprint density at radius 2 is 1.77 bits per heavy atom. The molecule has 22 heavy (non-hydrogen) atoms. The number of likely N-dealkylation sites (tertiary alicyclic amines) is 1. The van der Waals surface area contributed by atoms with E-state index in [1.165, 1.54) is 0 Å². The van der Waals surface area contributed by atoms with E-state index in [4.69, 9.17) is 4.74 Å². The Morgan fingerprint density at radius 3 is 2.36 bits per heavy atom. The maximum absolute atomic E-state index is 12.9. The van der Waals surface area contributed by atoms with Gasteiger partial charge in [0.25, 0.3) is 0 Å². The van der Waals surface area contributed by atoms with E-state index in [1.54, 1.807) is 0 Å². The van der Waals surface area contributed by atoms with Crippen LogP contribution in [-0.4, -0.2) is 46.2 Å². The van der Waals surface area contributed by atoms with Gasteiger partial charge in [-0.05, 0) is 57.3 Å². The average Bonchev–Trinajstić information content (AvgIpc) is 2.97. The van der Waals surface area contributed by atoms with Crippen molar-refractivity contribution in [3.8, 4) is 0 Å². The van der Waals surface area contributed by atoms with Crippen LogP contribution in [0, 0.1) is 11.8 Å². The molecule has 2 heterocycles. The number of rotatable bonds is 2. The van der Waals surface area contributed by atoms with Crippen LogP contribution in [0.2, 0.25) is 0 Å². The second-order valence-electron chi connectivity index (χ2n) is 7.71. The number of carbonyl (C=O) groups excluding carboxylic acids is 2. The summed E-state index contributed by atoms with van der Waals surface area (Å²) in [4.78, 5) is 26.6. The Morgan fingerprint density at radius 1 is 1.14 bits per heavy atom. The average molecular weight is 307 g/mol. The molecule has 2 saturated heterocycles. The van der Waals surface area contributed by atoms with Gasteiger partial charge in [0, 0.05) is 13.1 Å². The highest BCUT2D eigenvalue weighted by Gasteiger charge is 2.55. The van der Waals surface area contributed by atoms with Crippen LogP contribution < -0.4 is 0 Å². The van der Waals surface area contributed by atoms with Gasteiger partial charge in [0.15, 0.2) is 0 Å². The highest BCUT2D eigenvalue weighted by molar-refractivity contribution is 5.88. The number of nitrogens with zero attached hydrogens (tertiary/aromatic N) is 1. The first-order chi connectivity index (χ1) is 10.5. The fourth-order valence-electron chi connectivity index (χ4n) is 4.82. The van der Waals surface area contributed by atoms with Gasteiger partial charge in [0.05, 0.1) is 17.9 Å². The van der Waals surface area contributed by atoms with Crippen LogP contribution in [0.25, 0.3) is 0 Å². The number of piperidine rings is 1. The number of hydrogen-bond donors (Lipinski definition) is 1. The molecular formula is C17H25NO4. The summed E-state index contributed by atoms with van der Waals surface area (Å²) in [5.41, 5.74) is -0.937. The van der Waals surface area contributed by atoms with Gasteiger partial charge in [-0.2, -0.15) is 0 Å². The van der Waals surface area contributed by atoms with Crippen LogP contribution in [0.5, 0.6) is 0 Å². The predicted octanol–water partition coefficient (Wildman–Crippen LogP) is 1.63. The van der Waals surface area contributed by atoms with Crippen molar-refractivity contribution in [3.63, 3.8) is 0 Å². The molecule has 4 aliphatic rings. The molecule has 1 atom stereocenters. The topological polar surface area (TPSA) is 66.8 Å². The molecule has 1 N–H and O–H groups in total. The maximum atomic E-state index is 12.9. The molecule has 1 unspecified atom stereocenters. The van der Waals surface area contributed by atoms with Gasteiger partial charge in [-0.3, -0.25) is 9.59 Å². The van der Waals surface area contributed by atoms with E-state index in [9.17, 15) is 14.7 Å². The summed E-state index contributed by atoms with van der Waals surface area (Å²) < 4.78 is 5.59. The van der Waals surface area contributed by atoms with Gasteiger partial charge in [-0.1, -0.05) is 0 Å². The smallest absolute Gasteiger partial charge is 0.307 e. The van der Waals surface area contributed by atoms with Gasteiger partial charge < -0.3 is 14.7 Å². The lowest BCUT2D eigenvalue weighted by Gasteiger charge is -2.38. The van der Waals surface area contributed by atoms with Crippen molar-refractivity contribution < 1.29 is 19.4 Å². The molecule has 1 amide bonds. The fraction of sp³-hybridized carbons (Fsp3) is 0.882. The Labute approximate surface area is 131 Å². The summed E-state index contributed by atoms with van der Waals surface area (Å²) in [6, 6.07) is 0. The lowest BCUT2D eigenvalue weighted by molar-refractivity contribution is -0.152.